The molecule has 5 heteroatoms. The molecule has 1 aromatic heterocycles. The molecule has 1 fully saturated rings. The third kappa shape index (κ3) is 2.33. The van der Waals surface area contributed by atoms with Gasteiger partial charge in [0.2, 0.25) is 0 Å². The molecule has 1 aliphatic rings. The van der Waals surface area contributed by atoms with Gasteiger partial charge in [0.1, 0.15) is 0 Å². The zero-order chi connectivity index (χ0) is 16.0. The molecule has 4 rings (SSSR count). The Labute approximate surface area is 144 Å². The zero-order valence-electron chi connectivity index (χ0n) is 12.5. The highest BCUT2D eigenvalue weighted by molar-refractivity contribution is 7.80. The minimum atomic E-state index is -0.00132. The summed E-state index contributed by atoms with van der Waals surface area (Å²) in [5.74, 6) is 0. The normalized spacial score (nSPS) is 14.7. The Bertz CT molecular complexity index is 989. The molecule has 1 aliphatic heterocycles. The largest absolute Gasteiger partial charge is 0.349 e. The molecule has 2 aromatic carbocycles. The number of likely N-dealkylation sites (tertiary alicyclic amines) is 1. The van der Waals surface area contributed by atoms with Crippen LogP contribution >= 0.6 is 23.8 Å². The molecule has 116 valence electrons. The van der Waals surface area contributed by atoms with E-state index in [1.165, 1.54) is 0 Å². The number of benzene rings is 2. The number of rotatable bonds is 0. The number of nitrogens with zero attached hydrogens (tertiary/aromatic N) is 2. The van der Waals surface area contributed by atoms with Gasteiger partial charge >= 0.3 is 0 Å². The van der Waals surface area contributed by atoms with Crippen LogP contribution in [-0.4, -0.2) is 27.7 Å². The second kappa shape index (κ2) is 5.62. The van der Waals surface area contributed by atoms with Crippen LogP contribution in [0.4, 0.5) is 0 Å². The molecule has 0 amide bonds. The van der Waals surface area contributed by atoms with Crippen molar-refractivity contribution in [3.8, 4) is 0 Å². The monoisotopic (exact) mass is 342 g/mol. The van der Waals surface area contributed by atoms with Crippen molar-refractivity contribution < 1.29 is 0 Å². The third-order valence-electron chi connectivity index (χ3n) is 4.40. The van der Waals surface area contributed by atoms with E-state index >= 15 is 0 Å². The number of thiocarbonyl (C=S) groups is 1. The lowest BCUT2D eigenvalue weighted by molar-refractivity contribution is 0.515. The summed E-state index contributed by atoms with van der Waals surface area (Å²) in [6.07, 6.45) is 2.31. The van der Waals surface area contributed by atoms with Crippen LogP contribution in [0.5, 0.6) is 0 Å². The van der Waals surface area contributed by atoms with E-state index in [0.29, 0.717) is 15.8 Å². The fraction of sp³-hybridized carbons (Fsp3) is 0.222. The molecule has 0 radical (unpaired) electrons. The average molecular weight is 343 g/mol. The van der Waals surface area contributed by atoms with E-state index in [0.717, 1.165) is 42.1 Å². The maximum absolute atomic E-state index is 12.8. The molecule has 2 heterocycles. The first kappa shape index (κ1) is 14.7. The fourth-order valence-corrected chi connectivity index (χ4v) is 3.83. The molecule has 0 atom stereocenters. The number of pyridine rings is 1. The van der Waals surface area contributed by atoms with Gasteiger partial charge in [-0.25, -0.2) is 0 Å². The number of hydrogen-bond donors (Lipinski definition) is 0. The van der Waals surface area contributed by atoms with Gasteiger partial charge in [0.25, 0.3) is 0 Å². The van der Waals surface area contributed by atoms with Crippen molar-refractivity contribution in [2.24, 2.45) is 0 Å². The highest BCUT2D eigenvalue weighted by Crippen LogP contribution is 2.24. The SMILES string of the molecule is O=c1c2ccccc2n(C(=S)N2CCCC2)c2ccc(Cl)cc12. The average Bonchev–Trinajstić information content (AvgIpc) is 3.10. The van der Waals surface area contributed by atoms with Crippen LogP contribution in [-0.2, 0) is 0 Å². The molecule has 3 nitrogen and oxygen atoms in total. The van der Waals surface area contributed by atoms with E-state index in [-0.39, 0.29) is 5.43 Å². The van der Waals surface area contributed by atoms with Crippen LogP contribution < -0.4 is 5.43 Å². The summed E-state index contributed by atoms with van der Waals surface area (Å²) in [7, 11) is 0. The standard InChI is InChI=1S/C18H15ClN2OS/c19-12-7-8-16-14(11-12)17(22)13-5-1-2-6-15(13)21(16)18(23)20-9-3-4-10-20/h1-2,5-8,11H,3-4,9-10H2. The van der Waals surface area contributed by atoms with E-state index in [1.807, 2.05) is 34.9 Å². The third-order valence-corrected chi connectivity index (χ3v) is 5.08. The molecule has 1 saturated heterocycles. The van der Waals surface area contributed by atoms with Gasteiger partial charge in [-0.05, 0) is 55.4 Å². The van der Waals surface area contributed by atoms with E-state index < -0.39 is 0 Å². The summed E-state index contributed by atoms with van der Waals surface area (Å²) < 4.78 is 2.02. The summed E-state index contributed by atoms with van der Waals surface area (Å²) in [5.41, 5.74) is 1.66. The van der Waals surface area contributed by atoms with Crippen molar-refractivity contribution in [1.82, 2.24) is 9.47 Å². The first-order chi connectivity index (χ1) is 11.2. The van der Waals surface area contributed by atoms with E-state index in [4.69, 9.17) is 23.8 Å². The zero-order valence-corrected chi connectivity index (χ0v) is 14.0. The summed E-state index contributed by atoms with van der Waals surface area (Å²) >= 11 is 11.9. The van der Waals surface area contributed by atoms with Gasteiger partial charge in [0.15, 0.2) is 10.5 Å². The quantitative estimate of drug-likeness (QED) is 0.455. The van der Waals surface area contributed by atoms with Crippen molar-refractivity contribution in [1.29, 1.82) is 0 Å². The molecular formula is C18H15ClN2OS. The molecule has 0 spiro atoms. The summed E-state index contributed by atoms with van der Waals surface area (Å²) in [5, 5.41) is 2.59. The summed E-state index contributed by atoms with van der Waals surface area (Å²) in [6, 6.07) is 13.0. The summed E-state index contributed by atoms with van der Waals surface area (Å²) in [4.78, 5) is 15.0. The predicted octanol–water partition coefficient (Wildman–Crippen LogP) is 4.04. The Balaban J connectivity index is 2.12. The van der Waals surface area contributed by atoms with Crippen LogP contribution in [0.1, 0.15) is 12.8 Å². The van der Waals surface area contributed by atoms with E-state index in [1.54, 1.807) is 12.1 Å². The van der Waals surface area contributed by atoms with Gasteiger partial charge in [-0.15, -0.1) is 0 Å². The van der Waals surface area contributed by atoms with E-state index in [9.17, 15) is 4.79 Å². The van der Waals surface area contributed by atoms with Gasteiger partial charge in [-0.3, -0.25) is 9.36 Å². The van der Waals surface area contributed by atoms with Gasteiger partial charge in [-0.2, -0.15) is 0 Å². The Kier molecular flexibility index (Phi) is 3.58. The maximum atomic E-state index is 12.8. The number of para-hydroxylation sites is 1. The van der Waals surface area contributed by atoms with Crippen molar-refractivity contribution in [3.63, 3.8) is 0 Å². The second-order valence-electron chi connectivity index (χ2n) is 5.82. The van der Waals surface area contributed by atoms with Crippen molar-refractivity contribution in [2.45, 2.75) is 12.8 Å². The Morgan fingerprint density at radius 3 is 2.48 bits per heavy atom. The molecular weight excluding hydrogens is 328 g/mol. The first-order valence-electron chi connectivity index (χ1n) is 7.69. The Morgan fingerprint density at radius 1 is 1.00 bits per heavy atom. The molecule has 23 heavy (non-hydrogen) atoms. The minimum Gasteiger partial charge on any atom is -0.349 e. The van der Waals surface area contributed by atoms with Crippen LogP contribution in [0.15, 0.2) is 47.3 Å². The van der Waals surface area contributed by atoms with E-state index in [2.05, 4.69) is 4.90 Å². The van der Waals surface area contributed by atoms with Crippen LogP contribution in [0.25, 0.3) is 21.8 Å². The molecule has 0 N–H and O–H groups in total. The smallest absolute Gasteiger partial charge is 0.197 e. The highest BCUT2D eigenvalue weighted by Gasteiger charge is 2.20. The van der Waals surface area contributed by atoms with Gasteiger partial charge in [0, 0.05) is 28.9 Å². The predicted molar refractivity (Wildman–Crippen MR) is 99.5 cm³/mol. The fourth-order valence-electron chi connectivity index (χ4n) is 3.28. The minimum absolute atomic E-state index is 0.00132. The van der Waals surface area contributed by atoms with Crippen molar-refractivity contribution in [3.05, 3.63) is 57.7 Å². The molecule has 3 aromatic rings. The lowest BCUT2D eigenvalue weighted by Crippen LogP contribution is -2.33. The van der Waals surface area contributed by atoms with Crippen LogP contribution in [0.3, 0.4) is 0 Å². The second-order valence-corrected chi connectivity index (χ2v) is 6.62. The highest BCUT2D eigenvalue weighted by atomic mass is 35.5. The molecule has 0 unspecified atom stereocenters. The number of fused-ring (bicyclic) bond motifs is 2. The van der Waals surface area contributed by atoms with Crippen LogP contribution in [0, 0.1) is 0 Å². The molecule has 0 bridgehead atoms. The Morgan fingerprint density at radius 2 is 1.70 bits per heavy atom. The molecule has 0 aliphatic carbocycles. The Hall–Kier alpha value is -1.91. The van der Waals surface area contributed by atoms with Crippen molar-refractivity contribution >= 4 is 50.7 Å². The lowest BCUT2D eigenvalue weighted by atomic mass is 10.1. The number of aromatic nitrogens is 1. The number of hydrogen-bond acceptors (Lipinski definition) is 2. The van der Waals surface area contributed by atoms with Gasteiger partial charge < -0.3 is 4.90 Å². The van der Waals surface area contributed by atoms with Crippen molar-refractivity contribution in [2.75, 3.05) is 13.1 Å². The summed E-state index contributed by atoms with van der Waals surface area (Å²) in [6.45, 7) is 1.93. The van der Waals surface area contributed by atoms with Gasteiger partial charge in [0.05, 0.1) is 11.0 Å². The maximum Gasteiger partial charge on any atom is 0.197 e. The van der Waals surface area contributed by atoms with Gasteiger partial charge in [-0.1, -0.05) is 23.7 Å². The first-order valence-corrected chi connectivity index (χ1v) is 8.48. The topological polar surface area (TPSA) is 25.2 Å². The van der Waals surface area contributed by atoms with Crippen LogP contribution in [0.2, 0.25) is 5.02 Å². The number of halogens is 1. The molecule has 0 saturated carbocycles. The lowest BCUT2D eigenvalue weighted by Gasteiger charge is -2.23.